The third kappa shape index (κ3) is 1.12. The summed E-state index contributed by atoms with van der Waals surface area (Å²) in [5, 5.41) is 17.8. The van der Waals surface area contributed by atoms with Gasteiger partial charge in [0.2, 0.25) is 0 Å². The number of fused-ring (bicyclic) bond motifs is 2. The normalized spacial score (nSPS) is 42.2. The van der Waals surface area contributed by atoms with E-state index in [2.05, 4.69) is 0 Å². The number of carboxylic acids is 2. The zero-order valence-electron chi connectivity index (χ0n) is 7.14. The molecule has 0 saturated heterocycles. The van der Waals surface area contributed by atoms with Crippen molar-refractivity contribution in [2.45, 2.75) is 19.3 Å². The van der Waals surface area contributed by atoms with Crippen molar-refractivity contribution >= 4 is 11.9 Å². The third-order valence-electron chi connectivity index (χ3n) is 3.49. The average Bonchev–Trinajstić information content (AvgIpc) is 2.60. The summed E-state index contributed by atoms with van der Waals surface area (Å²) in [6.45, 7) is 0. The zero-order chi connectivity index (χ0) is 9.59. The molecule has 2 aliphatic carbocycles. The van der Waals surface area contributed by atoms with Gasteiger partial charge in [-0.2, -0.15) is 0 Å². The van der Waals surface area contributed by atoms with Crippen LogP contribution in [0.5, 0.6) is 0 Å². The smallest absolute Gasteiger partial charge is 0.307 e. The first kappa shape index (κ1) is 8.53. The van der Waals surface area contributed by atoms with Crippen LogP contribution in [0.4, 0.5) is 0 Å². The first-order valence-electron chi connectivity index (χ1n) is 4.57. The lowest BCUT2D eigenvalue weighted by molar-refractivity contribution is -0.156. The molecule has 4 atom stereocenters. The molecule has 0 unspecified atom stereocenters. The summed E-state index contributed by atoms with van der Waals surface area (Å²) in [5.74, 6) is -2.89. The van der Waals surface area contributed by atoms with E-state index in [1.807, 2.05) is 0 Å². The lowest BCUT2D eigenvalue weighted by atomic mass is 9.79. The minimum absolute atomic E-state index is 0.114. The maximum absolute atomic E-state index is 10.8. The molecule has 2 saturated carbocycles. The molecule has 4 nitrogen and oxygen atoms in total. The van der Waals surface area contributed by atoms with Crippen molar-refractivity contribution in [2.24, 2.45) is 23.7 Å². The number of rotatable bonds is 2. The molecule has 2 rings (SSSR count). The Morgan fingerprint density at radius 1 is 0.923 bits per heavy atom. The molecule has 0 aliphatic heterocycles. The van der Waals surface area contributed by atoms with E-state index >= 15 is 0 Å². The summed E-state index contributed by atoms with van der Waals surface area (Å²) in [6.07, 6.45) is 2.59. The number of carbonyl (C=O) groups is 2. The van der Waals surface area contributed by atoms with Crippen LogP contribution in [0.2, 0.25) is 0 Å². The highest BCUT2D eigenvalue weighted by Crippen LogP contribution is 2.52. The second-order valence-electron chi connectivity index (χ2n) is 4.06. The molecule has 2 bridgehead atoms. The largest absolute Gasteiger partial charge is 0.481 e. The number of aliphatic carboxylic acids is 2. The van der Waals surface area contributed by atoms with Gasteiger partial charge in [0, 0.05) is 0 Å². The van der Waals surface area contributed by atoms with Gasteiger partial charge in [-0.05, 0) is 31.1 Å². The molecule has 0 heterocycles. The van der Waals surface area contributed by atoms with Gasteiger partial charge < -0.3 is 10.2 Å². The molecule has 0 amide bonds. The van der Waals surface area contributed by atoms with Crippen LogP contribution in [-0.2, 0) is 9.59 Å². The van der Waals surface area contributed by atoms with Crippen LogP contribution in [0.1, 0.15) is 19.3 Å². The summed E-state index contributed by atoms with van der Waals surface area (Å²) in [6, 6.07) is 0. The molecule has 2 N–H and O–H groups in total. The molecular weight excluding hydrogens is 172 g/mol. The Bertz CT molecular complexity index is 234. The van der Waals surface area contributed by atoms with Crippen molar-refractivity contribution in [2.75, 3.05) is 0 Å². The Morgan fingerprint density at radius 3 is 1.62 bits per heavy atom. The average molecular weight is 184 g/mol. The SMILES string of the molecule is O=C(O)[C@H]1[C@@H]2CC[C@@H](C2)[C@@H]1C(=O)O. The Morgan fingerprint density at radius 2 is 1.31 bits per heavy atom. The van der Waals surface area contributed by atoms with Crippen molar-refractivity contribution in [3.05, 3.63) is 0 Å². The standard InChI is InChI=1S/C9H12O4/c10-8(11)6-4-1-2-5(3-4)7(6)9(12)13/h4-7H,1-3H2,(H,10,11)(H,12,13)/t4-,5+,6-,7-/m0/s1. The van der Waals surface area contributed by atoms with Gasteiger partial charge in [-0.15, -0.1) is 0 Å². The van der Waals surface area contributed by atoms with E-state index in [-0.39, 0.29) is 11.8 Å². The molecular formula is C9H12O4. The Balaban J connectivity index is 2.24. The highest BCUT2D eigenvalue weighted by atomic mass is 16.4. The summed E-state index contributed by atoms with van der Waals surface area (Å²) in [4.78, 5) is 21.7. The predicted octanol–water partition coefficient (Wildman–Crippen LogP) is 0.818. The maximum atomic E-state index is 10.8. The van der Waals surface area contributed by atoms with Crippen LogP contribution < -0.4 is 0 Å². The molecule has 0 aromatic carbocycles. The molecule has 0 radical (unpaired) electrons. The van der Waals surface area contributed by atoms with Crippen molar-refractivity contribution in [3.8, 4) is 0 Å². The van der Waals surface area contributed by atoms with Gasteiger partial charge in [0.15, 0.2) is 0 Å². The minimum Gasteiger partial charge on any atom is -0.481 e. The van der Waals surface area contributed by atoms with Gasteiger partial charge in [-0.3, -0.25) is 9.59 Å². The van der Waals surface area contributed by atoms with Crippen LogP contribution in [0, 0.1) is 23.7 Å². The zero-order valence-corrected chi connectivity index (χ0v) is 7.14. The summed E-state index contributed by atoms with van der Waals surface area (Å²) >= 11 is 0. The van der Waals surface area contributed by atoms with E-state index in [4.69, 9.17) is 10.2 Å². The summed E-state index contributed by atoms with van der Waals surface area (Å²) < 4.78 is 0. The van der Waals surface area contributed by atoms with Crippen molar-refractivity contribution in [3.63, 3.8) is 0 Å². The van der Waals surface area contributed by atoms with Gasteiger partial charge in [0.25, 0.3) is 0 Å². The number of hydrogen-bond acceptors (Lipinski definition) is 2. The van der Waals surface area contributed by atoms with Crippen LogP contribution in [0.25, 0.3) is 0 Å². The van der Waals surface area contributed by atoms with E-state index in [0.29, 0.717) is 0 Å². The van der Waals surface area contributed by atoms with Crippen LogP contribution in [0.3, 0.4) is 0 Å². The molecule has 2 aliphatic rings. The quantitative estimate of drug-likeness (QED) is 0.666. The first-order chi connectivity index (χ1) is 6.11. The maximum Gasteiger partial charge on any atom is 0.307 e. The summed E-state index contributed by atoms with van der Waals surface area (Å²) in [7, 11) is 0. The van der Waals surface area contributed by atoms with Gasteiger partial charge in [0.05, 0.1) is 11.8 Å². The second kappa shape index (κ2) is 2.72. The molecule has 0 aromatic rings. The van der Waals surface area contributed by atoms with Gasteiger partial charge in [-0.1, -0.05) is 0 Å². The second-order valence-corrected chi connectivity index (χ2v) is 4.06. The Hall–Kier alpha value is -1.06. The highest BCUT2D eigenvalue weighted by molar-refractivity contribution is 5.81. The first-order valence-corrected chi connectivity index (χ1v) is 4.57. The monoisotopic (exact) mass is 184 g/mol. The third-order valence-corrected chi connectivity index (χ3v) is 3.49. The van der Waals surface area contributed by atoms with E-state index in [1.165, 1.54) is 0 Å². The lowest BCUT2D eigenvalue weighted by Gasteiger charge is -2.24. The lowest BCUT2D eigenvalue weighted by Crippen LogP contribution is -2.34. The number of carboxylic acid groups (broad SMARTS) is 2. The summed E-state index contributed by atoms with van der Waals surface area (Å²) in [5.41, 5.74) is 0. The van der Waals surface area contributed by atoms with Gasteiger partial charge in [-0.25, -0.2) is 0 Å². The number of hydrogen-bond donors (Lipinski definition) is 2. The fourth-order valence-electron chi connectivity index (χ4n) is 3.00. The minimum atomic E-state index is -0.931. The van der Waals surface area contributed by atoms with E-state index in [1.54, 1.807) is 0 Å². The van der Waals surface area contributed by atoms with E-state index < -0.39 is 23.8 Å². The van der Waals surface area contributed by atoms with Crippen molar-refractivity contribution < 1.29 is 19.8 Å². The van der Waals surface area contributed by atoms with Crippen LogP contribution >= 0.6 is 0 Å². The Kier molecular flexibility index (Phi) is 1.78. The van der Waals surface area contributed by atoms with Gasteiger partial charge in [0.1, 0.15) is 0 Å². The van der Waals surface area contributed by atoms with E-state index in [0.717, 1.165) is 19.3 Å². The Labute approximate surface area is 75.6 Å². The van der Waals surface area contributed by atoms with Crippen molar-refractivity contribution in [1.82, 2.24) is 0 Å². The fourth-order valence-corrected chi connectivity index (χ4v) is 3.00. The molecule has 0 spiro atoms. The molecule has 72 valence electrons. The van der Waals surface area contributed by atoms with E-state index in [9.17, 15) is 9.59 Å². The highest BCUT2D eigenvalue weighted by Gasteiger charge is 2.54. The van der Waals surface area contributed by atoms with Crippen molar-refractivity contribution in [1.29, 1.82) is 0 Å². The van der Waals surface area contributed by atoms with Crippen LogP contribution in [-0.4, -0.2) is 22.2 Å². The molecule has 13 heavy (non-hydrogen) atoms. The topological polar surface area (TPSA) is 74.6 Å². The van der Waals surface area contributed by atoms with Crippen LogP contribution in [0.15, 0.2) is 0 Å². The van der Waals surface area contributed by atoms with Gasteiger partial charge >= 0.3 is 11.9 Å². The predicted molar refractivity (Wildman–Crippen MR) is 43.1 cm³/mol. The molecule has 2 fully saturated rings. The fraction of sp³-hybridized carbons (Fsp3) is 0.778. The molecule has 4 heteroatoms. The molecule has 0 aromatic heterocycles.